The first-order valence-electron chi connectivity index (χ1n) is 7.03. The summed E-state index contributed by atoms with van der Waals surface area (Å²) in [5.41, 5.74) is 6.14. The topological polar surface area (TPSA) is 80.5 Å². The van der Waals surface area contributed by atoms with E-state index in [0.717, 1.165) is 24.4 Å². The molecule has 0 aliphatic carbocycles. The fraction of sp³-hybridized carbons (Fsp3) is 0.692. The predicted octanol–water partition coefficient (Wildman–Crippen LogP) is 1.55. The van der Waals surface area contributed by atoms with E-state index < -0.39 is 5.97 Å². The summed E-state index contributed by atoms with van der Waals surface area (Å²) in [4.78, 5) is 14.3. The van der Waals surface area contributed by atoms with Crippen molar-refractivity contribution in [3.63, 3.8) is 0 Å². The normalized spacial score (nSPS) is 26.2. The van der Waals surface area contributed by atoms with E-state index in [9.17, 15) is 4.79 Å². The van der Waals surface area contributed by atoms with Crippen LogP contribution in [0.5, 0.6) is 0 Å². The van der Waals surface area contributed by atoms with Crippen molar-refractivity contribution in [2.24, 2.45) is 0 Å². The molecule has 110 valence electrons. The number of nitrogens with zero attached hydrogens (tertiary/aromatic N) is 2. The van der Waals surface area contributed by atoms with Crippen LogP contribution >= 0.6 is 11.5 Å². The Morgan fingerprint density at radius 2 is 2.35 bits per heavy atom. The first-order valence-corrected chi connectivity index (χ1v) is 7.80. The summed E-state index contributed by atoms with van der Waals surface area (Å²) in [7, 11) is 1.36. The van der Waals surface area contributed by atoms with Gasteiger partial charge in [0.05, 0.1) is 7.11 Å². The number of nitrogens with one attached hydrogen (secondary N) is 1. The number of methoxy groups -OCH3 is 1. The molecule has 20 heavy (non-hydrogen) atoms. The highest BCUT2D eigenvalue weighted by atomic mass is 32.1. The Bertz CT molecular complexity index is 505. The molecule has 3 N–H and O–H groups in total. The van der Waals surface area contributed by atoms with Gasteiger partial charge in [-0.15, -0.1) is 0 Å². The molecule has 0 saturated carbocycles. The fourth-order valence-corrected chi connectivity index (χ4v) is 4.02. The molecule has 2 unspecified atom stereocenters. The zero-order valence-corrected chi connectivity index (χ0v) is 12.4. The largest absolute Gasteiger partial charge is 0.465 e. The first kappa shape index (κ1) is 13.6. The third kappa shape index (κ3) is 2.47. The van der Waals surface area contributed by atoms with Crippen LogP contribution in [0.3, 0.4) is 0 Å². The smallest absolute Gasteiger partial charge is 0.344 e. The molecule has 3 rings (SSSR count). The van der Waals surface area contributed by atoms with Crippen molar-refractivity contribution in [2.75, 3.05) is 31.2 Å². The summed E-state index contributed by atoms with van der Waals surface area (Å²) in [6.45, 7) is 2.36. The molecule has 2 atom stereocenters. The number of carbonyl (C=O) groups is 1. The standard InChI is InChI=1S/C13H20N4O2S/c1-19-13(18)10-11(14)16-20-12(10)15-8-4-6-17-5-2-3-9(17)7-8/h8-9,15H,2-7H2,1H3,(H2,14,16). The van der Waals surface area contributed by atoms with E-state index in [1.807, 2.05) is 0 Å². The number of nitrogens with two attached hydrogens (primary N) is 1. The first-order chi connectivity index (χ1) is 9.69. The van der Waals surface area contributed by atoms with Crippen LogP contribution in [0, 0.1) is 0 Å². The molecule has 1 aromatic heterocycles. The summed E-state index contributed by atoms with van der Waals surface area (Å²) in [6, 6.07) is 1.07. The lowest BCUT2D eigenvalue weighted by Gasteiger charge is -2.35. The van der Waals surface area contributed by atoms with Crippen LogP contribution < -0.4 is 11.1 Å². The van der Waals surface area contributed by atoms with Crippen molar-refractivity contribution in [1.29, 1.82) is 0 Å². The van der Waals surface area contributed by atoms with Crippen LogP contribution in [0.2, 0.25) is 0 Å². The molecule has 2 aliphatic rings. The summed E-state index contributed by atoms with van der Waals surface area (Å²) in [6.07, 6.45) is 4.80. The number of fused-ring (bicyclic) bond motifs is 1. The number of ether oxygens (including phenoxy) is 1. The Hall–Kier alpha value is -1.34. The SMILES string of the molecule is COC(=O)c1c(N)nsc1NC1CCN2CCCC2C1. The van der Waals surface area contributed by atoms with Gasteiger partial charge in [-0.3, -0.25) is 0 Å². The molecule has 0 bridgehead atoms. The highest BCUT2D eigenvalue weighted by Crippen LogP contribution is 2.32. The van der Waals surface area contributed by atoms with Crippen molar-refractivity contribution in [3.05, 3.63) is 5.56 Å². The Labute approximate surface area is 122 Å². The van der Waals surface area contributed by atoms with E-state index in [1.54, 1.807) is 0 Å². The Morgan fingerprint density at radius 1 is 1.50 bits per heavy atom. The zero-order chi connectivity index (χ0) is 14.1. The molecule has 2 fully saturated rings. The summed E-state index contributed by atoms with van der Waals surface area (Å²) < 4.78 is 8.84. The quantitative estimate of drug-likeness (QED) is 0.824. The second kappa shape index (κ2) is 5.57. The fourth-order valence-electron chi connectivity index (χ4n) is 3.24. The van der Waals surface area contributed by atoms with E-state index in [4.69, 9.17) is 10.5 Å². The van der Waals surface area contributed by atoms with Crippen LogP contribution in [0.25, 0.3) is 0 Å². The molecule has 0 aromatic carbocycles. The maximum atomic E-state index is 11.8. The van der Waals surface area contributed by atoms with Gasteiger partial charge in [0.15, 0.2) is 5.82 Å². The van der Waals surface area contributed by atoms with Gasteiger partial charge in [0.1, 0.15) is 10.6 Å². The van der Waals surface area contributed by atoms with E-state index in [1.165, 1.54) is 38.0 Å². The molecule has 6 nitrogen and oxygen atoms in total. The highest BCUT2D eigenvalue weighted by molar-refractivity contribution is 7.11. The Kier molecular flexibility index (Phi) is 3.80. The molecule has 3 heterocycles. The second-order valence-electron chi connectivity index (χ2n) is 5.46. The van der Waals surface area contributed by atoms with Gasteiger partial charge >= 0.3 is 5.97 Å². The van der Waals surface area contributed by atoms with Crippen molar-refractivity contribution < 1.29 is 9.53 Å². The number of nitrogen functional groups attached to an aromatic ring is 1. The maximum Gasteiger partial charge on any atom is 0.344 e. The summed E-state index contributed by atoms with van der Waals surface area (Å²) >= 11 is 1.24. The van der Waals surface area contributed by atoms with Gasteiger partial charge in [0, 0.05) is 18.6 Å². The number of anilines is 2. The van der Waals surface area contributed by atoms with Crippen molar-refractivity contribution in [3.8, 4) is 0 Å². The van der Waals surface area contributed by atoms with Gasteiger partial charge in [-0.05, 0) is 43.8 Å². The van der Waals surface area contributed by atoms with Gasteiger partial charge < -0.3 is 20.7 Å². The molecule has 7 heteroatoms. The number of aromatic nitrogens is 1. The van der Waals surface area contributed by atoms with Crippen LogP contribution in [0.1, 0.15) is 36.0 Å². The van der Waals surface area contributed by atoms with Gasteiger partial charge in [-0.25, -0.2) is 4.79 Å². The zero-order valence-electron chi connectivity index (χ0n) is 11.6. The van der Waals surface area contributed by atoms with Crippen LogP contribution in [-0.4, -0.2) is 47.5 Å². The van der Waals surface area contributed by atoms with Gasteiger partial charge in [0.2, 0.25) is 0 Å². The minimum Gasteiger partial charge on any atom is -0.465 e. The third-order valence-corrected chi connectivity index (χ3v) is 5.06. The van der Waals surface area contributed by atoms with Gasteiger partial charge in [-0.2, -0.15) is 4.37 Å². The molecule has 2 aliphatic heterocycles. The number of esters is 1. The average molecular weight is 296 g/mol. The predicted molar refractivity (Wildman–Crippen MR) is 79.1 cm³/mol. The van der Waals surface area contributed by atoms with Crippen molar-refractivity contribution >= 4 is 28.3 Å². The number of hydrogen-bond acceptors (Lipinski definition) is 7. The van der Waals surface area contributed by atoms with Gasteiger partial charge in [0.25, 0.3) is 0 Å². The molecule has 2 saturated heterocycles. The lowest BCUT2D eigenvalue weighted by atomic mass is 9.97. The van der Waals surface area contributed by atoms with Crippen LogP contribution in [0.15, 0.2) is 0 Å². The molecule has 0 amide bonds. The van der Waals surface area contributed by atoms with E-state index in [2.05, 4.69) is 14.6 Å². The average Bonchev–Trinajstić information content (AvgIpc) is 3.04. The number of piperidine rings is 1. The molecular formula is C13H20N4O2S. The van der Waals surface area contributed by atoms with Crippen LogP contribution in [0.4, 0.5) is 10.8 Å². The minimum absolute atomic E-state index is 0.252. The van der Waals surface area contributed by atoms with Crippen LogP contribution in [-0.2, 0) is 4.74 Å². The van der Waals surface area contributed by atoms with E-state index in [0.29, 0.717) is 17.6 Å². The number of carbonyl (C=O) groups excluding carboxylic acids is 1. The lowest BCUT2D eigenvalue weighted by molar-refractivity contribution is 0.0603. The Morgan fingerprint density at radius 3 is 3.15 bits per heavy atom. The number of rotatable bonds is 3. The maximum absolute atomic E-state index is 11.8. The van der Waals surface area contributed by atoms with Gasteiger partial charge in [-0.1, -0.05) is 0 Å². The molecule has 0 radical (unpaired) electrons. The third-order valence-electron chi connectivity index (χ3n) is 4.26. The second-order valence-corrected chi connectivity index (χ2v) is 6.23. The monoisotopic (exact) mass is 296 g/mol. The molecule has 1 aromatic rings. The summed E-state index contributed by atoms with van der Waals surface area (Å²) in [5, 5.41) is 4.19. The Balaban J connectivity index is 1.70. The van der Waals surface area contributed by atoms with E-state index in [-0.39, 0.29) is 5.82 Å². The lowest BCUT2D eigenvalue weighted by Crippen LogP contribution is -2.42. The van der Waals surface area contributed by atoms with E-state index >= 15 is 0 Å². The molecular weight excluding hydrogens is 276 g/mol. The van der Waals surface area contributed by atoms with Crippen molar-refractivity contribution in [2.45, 2.75) is 37.8 Å². The highest BCUT2D eigenvalue weighted by Gasteiger charge is 2.32. The van der Waals surface area contributed by atoms with Crippen molar-refractivity contribution in [1.82, 2.24) is 9.27 Å². The molecule has 0 spiro atoms. The minimum atomic E-state index is -0.419. The summed E-state index contributed by atoms with van der Waals surface area (Å²) in [5.74, 6) is -0.167. The number of hydrogen-bond donors (Lipinski definition) is 2.